The number of carbonyl (C=O) groups is 1. The van der Waals surface area contributed by atoms with Crippen LogP contribution in [-0.4, -0.2) is 24.0 Å². The summed E-state index contributed by atoms with van der Waals surface area (Å²) in [4.78, 5) is 14.4. The van der Waals surface area contributed by atoms with Crippen LogP contribution < -0.4 is 4.74 Å². The number of methoxy groups -OCH3 is 1. The zero-order chi connectivity index (χ0) is 15.2. The van der Waals surface area contributed by atoms with Gasteiger partial charge >= 0.3 is 0 Å². The van der Waals surface area contributed by atoms with Crippen molar-refractivity contribution in [2.75, 3.05) is 7.11 Å². The van der Waals surface area contributed by atoms with Gasteiger partial charge in [-0.3, -0.25) is 4.79 Å². The second-order valence-electron chi connectivity index (χ2n) is 5.18. The number of nitrogens with zero attached hydrogens (tertiary/aromatic N) is 1. The quantitative estimate of drug-likeness (QED) is 0.819. The van der Waals surface area contributed by atoms with E-state index in [0.717, 1.165) is 17.1 Å². The summed E-state index contributed by atoms with van der Waals surface area (Å²) in [6, 6.07) is 11.4. The molecule has 2 aromatic rings. The van der Waals surface area contributed by atoms with E-state index in [1.165, 1.54) is 0 Å². The Hall–Kier alpha value is -2.23. The van der Waals surface area contributed by atoms with Crippen molar-refractivity contribution in [2.45, 2.75) is 32.9 Å². The third-order valence-electron chi connectivity index (χ3n) is 3.38. The normalized spacial score (nSPS) is 10.7. The summed E-state index contributed by atoms with van der Waals surface area (Å²) >= 11 is 0. The van der Waals surface area contributed by atoms with E-state index in [9.17, 15) is 4.79 Å². The molecule has 0 aliphatic carbocycles. The van der Waals surface area contributed by atoms with Crippen LogP contribution in [0, 0.1) is 0 Å². The van der Waals surface area contributed by atoms with Crippen molar-refractivity contribution in [3.63, 3.8) is 0 Å². The Morgan fingerprint density at radius 3 is 2.62 bits per heavy atom. The molecule has 0 saturated carbocycles. The summed E-state index contributed by atoms with van der Waals surface area (Å²) < 4.78 is 10.6. The highest BCUT2D eigenvalue weighted by molar-refractivity contribution is 5.79. The molecular formula is C17H21NO3. The Balaban J connectivity index is 2.11. The van der Waals surface area contributed by atoms with Gasteiger partial charge in [0.15, 0.2) is 0 Å². The van der Waals surface area contributed by atoms with Crippen LogP contribution in [0.5, 0.6) is 5.75 Å². The van der Waals surface area contributed by atoms with E-state index in [2.05, 4.69) is 0 Å². The van der Waals surface area contributed by atoms with Gasteiger partial charge in [0.25, 0.3) is 0 Å². The highest BCUT2D eigenvalue weighted by atomic mass is 16.5. The molecule has 1 heterocycles. The molecule has 0 atom stereocenters. The lowest BCUT2D eigenvalue weighted by Gasteiger charge is -2.26. The van der Waals surface area contributed by atoms with Crippen LogP contribution >= 0.6 is 0 Å². The Bertz CT molecular complexity index is 575. The minimum absolute atomic E-state index is 0.0610. The molecule has 0 saturated heterocycles. The maximum atomic E-state index is 12.6. The van der Waals surface area contributed by atoms with E-state index in [1.54, 1.807) is 13.4 Å². The van der Waals surface area contributed by atoms with Crippen LogP contribution in [0.2, 0.25) is 0 Å². The molecule has 1 amide bonds. The summed E-state index contributed by atoms with van der Waals surface area (Å²) in [7, 11) is 1.62. The lowest BCUT2D eigenvalue weighted by atomic mass is 10.1. The SMILES string of the molecule is COc1ccccc1CC(=O)N(Cc1ccco1)C(C)C. The van der Waals surface area contributed by atoms with Gasteiger partial charge in [-0.2, -0.15) is 0 Å². The predicted molar refractivity (Wildman–Crippen MR) is 81.1 cm³/mol. The van der Waals surface area contributed by atoms with Crippen LogP contribution in [-0.2, 0) is 17.8 Å². The molecule has 0 spiro atoms. The average Bonchev–Trinajstić information content (AvgIpc) is 2.98. The maximum absolute atomic E-state index is 12.6. The molecule has 4 nitrogen and oxygen atoms in total. The molecule has 0 aliphatic heterocycles. The largest absolute Gasteiger partial charge is 0.496 e. The van der Waals surface area contributed by atoms with Crippen molar-refractivity contribution in [2.24, 2.45) is 0 Å². The highest BCUT2D eigenvalue weighted by Crippen LogP contribution is 2.20. The number of rotatable bonds is 6. The Kier molecular flexibility index (Phi) is 5.04. The summed E-state index contributed by atoms with van der Waals surface area (Å²) in [5.41, 5.74) is 0.898. The zero-order valence-electron chi connectivity index (χ0n) is 12.7. The summed E-state index contributed by atoms with van der Waals surface area (Å²) in [6.07, 6.45) is 1.95. The van der Waals surface area contributed by atoms with Gasteiger partial charge in [-0.25, -0.2) is 0 Å². The van der Waals surface area contributed by atoms with Crippen LogP contribution in [0.25, 0.3) is 0 Å². The molecule has 0 fully saturated rings. The van der Waals surface area contributed by atoms with E-state index in [4.69, 9.17) is 9.15 Å². The minimum Gasteiger partial charge on any atom is -0.496 e. The van der Waals surface area contributed by atoms with Crippen molar-refractivity contribution in [3.8, 4) is 5.75 Å². The first-order valence-corrected chi connectivity index (χ1v) is 7.05. The highest BCUT2D eigenvalue weighted by Gasteiger charge is 2.20. The van der Waals surface area contributed by atoms with Crippen molar-refractivity contribution >= 4 is 5.91 Å². The first kappa shape index (κ1) is 15.2. The topological polar surface area (TPSA) is 42.7 Å². The molecule has 0 aliphatic rings. The van der Waals surface area contributed by atoms with Gasteiger partial charge in [0.1, 0.15) is 11.5 Å². The molecule has 0 bridgehead atoms. The summed E-state index contributed by atoms with van der Waals surface area (Å²) in [5, 5.41) is 0. The molecule has 0 radical (unpaired) electrons. The van der Waals surface area contributed by atoms with Crippen LogP contribution in [0.4, 0.5) is 0 Å². The third kappa shape index (κ3) is 3.88. The minimum atomic E-state index is 0.0610. The molecule has 2 rings (SSSR count). The Labute approximate surface area is 125 Å². The third-order valence-corrected chi connectivity index (χ3v) is 3.38. The second kappa shape index (κ2) is 6.97. The van der Waals surface area contributed by atoms with E-state index >= 15 is 0 Å². The predicted octanol–water partition coefficient (Wildman–Crippen LogP) is 3.27. The van der Waals surface area contributed by atoms with Gasteiger partial charge in [0, 0.05) is 11.6 Å². The summed E-state index contributed by atoms with van der Waals surface area (Å²) in [5.74, 6) is 1.59. The Morgan fingerprint density at radius 1 is 1.24 bits per heavy atom. The number of hydrogen-bond donors (Lipinski definition) is 0. The Morgan fingerprint density at radius 2 is 2.00 bits per heavy atom. The number of amides is 1. The van der Waals surface area contributed by atoms with E-state index < -0.39 is 0 Å². The van der Waals surface area contributed by atoms with Gasteiger partial charge in [0.05, 0.1) is 26.3 Å². The van der Waals surface area contributed by atoms with E-state index in [-0.39, 0.29) is 11.9 Å². The molecule has 4 heteroatoms. The average molecular weight is 287 g/mol. The molecule has 1 aromatic heterocycles. The van der Waals surface area contributed by atoms with Gasteiger partial charge in [-0.1, -0.05) is 18.2 Å². The van der Waals surface area contributed by atoms with Crippen LogP contribution in [0.3, 0.4) is 0 Å². The maximum Gasteiger partial charge on any atom is 0.227 e. The number of benzene rings is 1. The van der Waals surface area contributed by atoms with Gasteiger partial charge < -0.3 is 14.1 Å². The first-order valence-electron chi connectivity index (χ1n) is 7.05. The lowest BCUT2D eigenvalue weighted by molar-refractivity contribution is -0.133. The fourth-order valence-corrected chi connectivity index (χ4v) is 2.24. The van der Waals surface area contributed by atoms with E-state index in [0.29, 0.717) is 13.0 Å². The molecule has 1 aromatic carbocycles. The molecule has 112 valence electrons. The number of para-hydroxylation sites is 1. The lowest BCUT2D eigenvalue weighted by Crippen LogP contribution is -2.37. The van der Waals surface area contributed by atoms with Crippen molar-refractivity contribution in [1.29, 1.82) is 0 Å². The van der Waals surface area contributed by atoms with Crippen LogP contribution in [0.15, 0.2) is 47.1 Å². The van der Waals surface area contributed by atoms with Crippen molar-refractivity contribution in [1.82, 2.24) is 4.90 Å². The number of ether oxygens (including phenoxy) is 1. The van der Waals surface area contributed by atoms with E-state index in [1.807, 2.05) is 55.1 Å². The number of hydrogen-bond acceptors (Lipinski definition) is 3. The smallest absolute Gasteiger partial charge is 0.227 e. The van der Waals surface area contributed by atoms with Crippen molar-refractivity contribution < 1.29 is 13.9 Å². The van der Waals surface area contributed by atoms with Crippen molar-refractivity contribution in [3.05, 3.63) is 54.0 Å². The number of carbonyl (C=O) groups excluding carboxylic acids is 1. The second-order valence-corrected chi connectivity index (χ2v) is 5.18. The fourth-order valence-electron chi connectivity index (χ4n) is 2.24. The summed E-state index contributed by atoms with van der Waals surface area (Å²) in [6.45, 7) is 4.49. The molecule has 21 heavy (non-hydrogen) atoms. The van der Waals surface area contributed by atoms with Crippen LogP contribution in [0.1, 0.15) is 25.2 Å². The molecule has 0 N–H and O–H groups in total. The van der Waals surface area contributed by atoms with Gasteiger partial charge in [-0.05, 0) is 32.0 Å². The monoisotopic (exact) mass is 287 g/mol. The molecular weight excluding hydrogens is 266 g/mol. The van der Waals surface area contributed by atoms with Gasteiger partial charge in [-0.15, -0.1) is 0 Å². The van der Waals surface area contributed by atoms with Gasteiger partial charge in [0.2, 0.25) is 5.91 Å². The fraction of sp³-hybridized carbons (Fsp3) is 0.353. The standard InChI is InChI=1S/C17H21NO3/c1-13(2)18(12-15-8-6-10-21-15)17(19)11-14-7-4-5-9-16(14)20-3/h4-10,13H,11-12H2,1-3H3. The first-order chi connectivity index (χ1) is 10.1. The zero-order valence-corrected chi connectivity index (χ0v) is 12.7. The number of furan rings is 1. The molecule has 0 unspecified atom stereocenters.